The van der Waals surface area contributed by atoms with E-state index >= 15 is 0 Å². The third-order valence-electron chi connectivity index (χ3n) is 2.44. The Labute approximate surface area is 105 Å². The average Bonchev–Trinajstić information content (AvgIpc) is 2.39. The fourth-order valence-corrected chi connectivity index (χ4v) is 1.62. The Kier molecular flexibility index (Phi) is 3.81. The summed E-state index contributed by atoms with van der Waals surface area (Å²) in [5, 5.41) is 0. The van der Waals surface area contributed by atoms with E-state index in [1.165, 1.54) is 0 Å². The molecule has 0 saturated heterocycles. The molecule has 6 nitrogen and oxygen atoms in total. The summed E-state index contributed by atoms with van der Waals surface area (Å²) in [4.78, 5) is 13.0. The molecule has 0 saturated carbocycles. The van der Waals surface area contributed by atoms with Crippen molar-refractivity contribution in [3.8, 4) is 11.5 Å². The number of methoxy groups -OCH3 is 1. The van der Waals surface area contributed by atoms with E-state index in [0.717, 1.165) is 17.0 Å². The lowest BCUT2D eigenvalue weighted by molar-refractivity contribution is 0.181. The van der Waals surface area contributed by atoms with Gasteiger partial charge in [0, 0.05) is 19.4 Å². The lowest BCUT2D eigenvalue weighted by atomic mass is 10.2. The maximum atomic E-state index is 5.40. The van der Waals surface area contributed by atoms with Crippen molar-refractivity contribution in [2.45, 2.75) is 13.5 Å². The van der Waals surface area contributed by atoms with E-state index in [9.17, 15) is 0 Å². The van der Waals surface area contributed by atoms with Gasteiger partial charge in [-0.25, -0.2) is 15.8 Å². The smallest absolute Gasteiger partial charge is 0.180 e. The van der Waals surface area contributed by atoms with Gasteiger partial charge in [-0.3, -0.25) is 4.98 Å². The molecule has 0 unspecified atom stereocenters. The topological polar surface area (TPSA) is 86.0 Å². The highest BCUT2D eigenvalue weighted by atomic mass is 16.5. The SMILES string of the molecule is COCc1cc(NN)nc(-c2ncccc2C)n1. The Morgan fingerprint density at radius 2 is 2.22 bits per heavy atom. The Morgan fingerprint density at radius 1 is 1.39 bits per heavy atom. The maximum absolute atomic E-state index is 5.40. The third-order valence-corrected chi connectivity index (χ3v) is 2.44. The third kappa shape index (κ3) is 2.61. The summed E-state index contributed by atoms with van der Waals surface area (Å²) < 4.78 is 5.07. The molecule has 2 aromatic heterocycles. The molecule has 2 rings (SSSR count). The lowest BCUT2D eigenvalue weighted by Crippen LogP contribution is -2.11. The first kappa shape index (κ1) is 12.4. The van der Waals surface area contributed by atoms with E-state index in [2.05, 4.69) is 20.4 Å². The second-order valence-corrected chi connectivity index (χ2v) is 3.81. The Balaban J connectivity index is 2.50. The van der Waals surface area contributed by atoms with Crippen molar-refractivity contribution in [1.29, 1.82) is 0 Å². The van der Waals surface area contributed by atoms with Crippen molar-refractivity contribution >= 4 is 5.82 Å². The van der Waals surface area contributed by atoms with Crippen molar-refractivity contribution in [2.75, 3.05) is 12.5 Å². The molecule has 2 aromatic rings. The summed E-state index contributed by atoms with van der Waals surface area (Å²) in [6.07, 6.45) is 1.71. The second-order valence-electron chi connectivity index (χ2n) is 3.81. The molecule has 94 valence electrons. The lowest BCUT2D eigenvalue weighted by Gasteiger charge is -2.08. The van der Waals surface area contributed by atoms with Gasteiger partial charge in [0.25, 0.3) is 0 Å². The molecule has 6 heteroatoms. The molecule has 0 aliphatic heterocycles. The highest BCUT2D eigenvalue weighted by Crippen LogP contribution is 2.19. The molecule has 3 N–H and O–H groups in total. The van der Waals surface area contributed by atoms with Crippen LogP contribution in [0.4, 0.5) is 5.82 Å². The predicted molar refractivity (Wildman–Crippen MR) is 68.5 cm³/mol. The van der Waals surface area contributed by atoms with Crippen LogP contribution in [0.15, 0.2) is 24.4 Å². The molecule has 0 aliphatic rings. The van der Waals surface area contributed by atoms with E-state index < -0.39 is 0 Å². The quantitative estimate of drug-likeness (QED) is 0.623. The first-order valence-corrected chi connectivity index (χ1v) is 5.50. The molecule has 0 bridgehead atoms. The number of pyridine rings is 1. The van der Waals surface area contributed by atoms with E-state index in [-0.39, 0.29) is 0 Å². The number of hydrazine groups is 1. The van der Waals surface area contributed by atoms with E-state index in [4.69, 9.17) is 10.6 Å². The normalized spacial score (nSPS) is 10.4. The number of nitrogens with two attached hydrogens (primary N) is 1. The Bertz CT molecular complexity index is 544. The Hall–Kier alpha value is -2.05. The van der Waals surface area contributed by atoms with E-state index in [1.807, 2.05) is 19.1 Å². The first-order chi connectivity index (χ1) is 8.74. The van der Waals surface area contributed by atoms with Crippen molar-refractivity contribution in [1.82, 2.24) is 15.0 Å². The van der Waals surface area contributed by atoms with Gasteiger partial charge in [-0.2, -0.15) is 0 Å². The summed E-state index contributed by atoms with van der Waals surface area (Å²) >= 11 is 0. The molecular formula is C12H15N5O. The molecule has 0 radical (unpaired) electrons. The van der Waals surface area contributed by atoms with Crippen LogP contribution < -0.4 is 11.3 Å². The number of aromatic nitrogens is 3. The van der Waals surface area contributed by atoms with Gasteiger partial charge >= 0.3 is 0 Å². The van der Waals surface area contributed by atoms with Crippen molar-refractivity contribution in [3.63, 3.8) is 0 Å². The molecule has 0 atom stereocenters. The fourth-order valence-electron chi connectivity index (χ4n) is 1.62. The fraction of sp³-hybridized carbons (Fsp3) is 0.250. The number of hydrogen-bond acceptors (Lipinski definition) is 6. The number of nitrogens with zero attached hydrogens (tertiary/aromatic N) is 3. The van der Waals surface area contributed by atoms with Crippen molar-refractivity contribution < 1.29 is 4.74 Å². The van der Waals surface area contributed by atoms with Crippen LogP contribution in [0.3, 0.4) is 0 Å². The Morgan fingerprint density at radius 3 is 2.89 bits per heavy atom. The molecule has 0 amide bonds. The molecule has 0 spiro atoms. The number of nitrogen functional groups attached to an aromatic ring is 1. The van der Waals surface area contributed by atoms with Crippen LogP contribution in [-0.2, 0) is 11.3 Å². The van der Waals surface area contributed by atoms with Gasteiger partial charge < -0.3 is 10.2 Å². The largest absolute Gasteiger partial charge is 0.378 e. The predicted octanol–water partition coefficient (Wildman–Crippen LogP) is 1.28. The molecule has 0 fully saturated rings. The van der Waals surface area contributed by atoms with Crippen LogP contribution in [0.2, 0.25) is 0 Å². The van der Waals surface area contributed by atoms with Gasteiger partial charge in [0.15, 0.2) is 5.82 Å². The summed E-state index contributed by atoms with van der Waals surface area (Å²) in [6.45, 7) is 2.36. The van der Waals surface area contributed by atoms with Crippen LogP contribution in [0.1, 0.15) is 11.3 Å². The van der Waals surface area contributed by atoms with E-state index in [1.54, 1.807) is 19.4 Å². The maximum Gasteiger partial charge on any atom is 0.180 e. The summed E-state index contributed by atoms with van der Waals surface area (Å²) in [7, 11) is 1.61. The average molecular weight is 245 g/mol. The highest BCUT2D eigenvalue weighted by Gasteiger charge is 2.09. The summed E-state index contributed by atoms with van der Waals surface area (Å²) in [5.41, 5.74) is 5.02. The minimum atomic E-state index is 0.399. The zero-order chi connectivity index (χ0) is 13.0. The summed E-state index contributed by atoms with van der Waals surface area (Å²) in [5.74, 6) is 6.47. The van der Waals surface area contributed by atoms with Crippen LogP contribution in [0.5, 0.6) is 0 Å². The number of nitrogens with one attached hydrogen (secondary N) is 1. The minimum Gasteiger partial charge on any atom is -0.378 e. The number of aryl methyl sites for hydroxylation is 1. The van der Waals surface area contributed by atoms with E-state index in [0.29, 0.717) is 18.2 Å². The van der Waals surface area contributed by atoms with Gasteiger partial charge in [-0.15, -0.1) is 0 Å². The van der Waals surface area contributed by atoms with Gasteiger partial charge in [-0.05, 0) is 18.6 Å². The number of rotatable bonds is 4. The molecular weight excluding hydrogens is 230 g/mol. The zero-order valence-corrected chi connectivity index (χ0v) is 10.3. The standard InChI is InChI=1S/C12H15N5O/c1-8-4-3-5-14-11(8)12-15-9(7-18-2)6-10(16-12)17-13/h3-6H,7,13H2,1-2H3,(H,15,16,17). The van der Waals surface area contributed by atoms with Gasteiger partial charge in [0.1, 0.15) is 11.5 Å². The molecule has 2 heterocycles. The van der Waals surface area contributed by atoms with Crippen LogP contribution >= 0.6 is 0 Å². The second kappa shape index (κ2) is 5.52. The molecule has 0 aromatic carbocycles. The van der Waals surface area contributed by atoms with Gasteiger partial charge in [0.2, 0.25) is 0 Å². The van der Waals surface area contributed by atoms with Crippen molar-refractivity contribution in [2.24, 2.45) is 5.84 Å². The van der Waals surface area contributed by atoms with Crippen LogP contribution in [0, 0.1) is 6.92 Å². The minimum absolute atomic E-state index is 0.399. The molecule has 18 heavy (non-hydrogen) atoms. The molecule has 0 aliphatic carbocycles. The number of hydrogen-bond donors (Lipinski definition) is 2. The van der Waals surface area contributed by atoms with Gasteiger partial charge in [0.05, 0.1) is 12.3 Å². The summed E-state index contributed by atoms with van der Waals surface area (Å²) in [6, 6.07) is 5.58. The highest BCUT2D eigenvalue weighted by molar-refractivity contribution is 5.56. The number of anilines is 1. The van der Waals surface area contributed by atoms with Crippen LogP contribution in [-0.4, -0.2) is 22.1 Å². The van der Waals surface area contributed by atoms with Crippen LogP contribution in [0.25, 0.3) is 11.5 Å². The first-order valence-electron chi connectivity index (χ1n) is 5.50. The number of ether oxygens (including phenoxy) is 1. The zero-order valence-electron chi connectivity index (χ0n) is 10.3. The van der Waals surface area contributed by atoms with Gasteiger partial charge in [-0.1, -0.05) is 6.07 Å². The van der Waals surface area contributed by atoms with Crippen molar-refractivity contribution in [3.05, 3.63) is 35.7 Å². The monoisotopic (exact) mass is 245 g/mol.